The summed E-state index contributed by atoms with van der Waals surface area (Å²) in [6, 6.07) is 0. The van der Waals surface area contributed by atoms with Crippen LogP contribution in [0.15, 0.2) is 0 Å². The van der Waals surface area contributed by atoms with E-state index in [-0.39, 0.29) is 0 Å². The second kappa shape index (κ2) is 6.14. The van der Waals surface area contributed by atoms with Crippen molar-refractivity contribution in [2.24, 2.45) is 0 Å². The van der Waals surface area contributed by atoms with Crippen molar-refractivity contribution in [2.75, 3.05) is 19.6 Å². The van der Waals surface area contributed by atoms with Crippen LogP contribution >= 0.6 is 0 Å². The molecule has 0 unspecified atom stereocenters. The molecule has 1 saturated heterocycles. The van der Waals surface area contributed by atoms with Gasteiger partial charge in [0.25, 0.3) is 0 Å². The number of likely N-dealkylation sites (tertiary alicyclic amines) is 1. The van der Waals surface area contributed by atoms with Crippen molar-refractivity contribution in [1.82, 2.24) is 4.90 Å². The number of hydrogen-bond donors (Lipinski definition) is 0. The van der Waals surface area contributed by atoms with Gasteiger partial charge in [0.2, 0.25) is 0 Å². The highest BCUT2D eigenvalue weighted by Crippen LogP contribution is 2.08. The molecule has 0 aliphatic carbocycles. The molecule has 0 amide bonds. The van der Waals surface area contributed by atoms with Crippen molar-refractivity contribution in [3.05, 3.63) is 0 Å². The lowest BCUT2D eigenvalue weighted by atomic mass is 10.1. The molecular weight excluding hydrogens is 162 g/mol. The number of piperidine rings is 1. The van der Waals surface area contributed by atoms with Gasteiger partial charge in [0, 0.05) is 6.42 Å². The predicted molar refractivity (Wildman–Crippen MR) is 54.8 cm³/mol. The molecule has 2 nitrogen and oxygen atoms in total. The Morgan fingerprint density at radius 2 is 2.15 bits per heavy atom. The second-order valence-corrected chi connectivity index (χ2v) is 3.98. The van der Waals surface area contributed by atoms with Crippen molar-refractivity contribution in [2.45, 2.75) is 45.4 Å². The molecule has 0 aromatic heterocycles. The van der Waals surface area contributed by atoms with E-state index in [2.05, 4.69) is 11.8 Å². The zero-order valence-corrected chi connectivity index (χ0v) is 8.72. The molecule has 2 heteroatoms. The maximum absolute atomic E-state index is 11.1. The number of Topliss-reactive ketones (excluding diaryl/α,β-unsaturated/α-hetero) is 1. The molecule has 0 N–H and O–H groups in total. The third kappa shape index (κ3) is 4.41. The standard InChI is InChI=1S/C11H21NO/c1-2-3-4-5-8-12-9-6-7-11(13)10-12/h2-10H2,1H3. The van der Waals surface area contributed by atoms with Crippen molar-refractivity contribution in [1.29, 1.82) is 0 Å². The summed E-state index contributed by atoms with van der Waals surface area (Å²) in [7, 11) is 0. The highest BCUT2D eigenvalue weighted by atomic mass is 16.1. The number of hydrogen-bond acceptors (Lipinski definition) is 2. The smallest absolute Gasteiger partial charge is 0.146 e. The molecule has 1 aliphatic rings. The van der Waals surface area contributed by atoms with Gasteiger partial charge in [0.15, 0.2) is 0 Å². The van der Waals surface area contributed by atoms with E-state index in [1.54, 1.807) is 0 Å². The first kappa shape index (κ1) is 10.7. The third-order valence-corrected chi connectivity index (χ3v) is 2.66. The van der Waals surface area contributed by atoms with Gasteiger partial charge in [-0.25, -0.2) is 0 Å². The first-order chi connectivity index (χ1) is 6.33. The van der Waals surface area contributed by atoms with Crippen LogP contribution in [0.3, 0.4) is 0 Å². The quantitative estimate of drug-likeness (QED) is 0.609. The SMILES string of the molecule is CCCCCCN1CCCC(=O)C1. The van der Waals surface area contributed by atoms with Gasteiger partial charge in [0.05, 0.1) is 6.54 Å². The summed E-state index contributed by atoms with van der Waals surface area (Å²) in [5.74, 6) is 0.432. The van der Waals surface area contributed by atoms with Crippen LogP contribution in [0.4, 0.5) is 0 Å². The van der Waals surface area contributed by atoms with E-state index >= 15 is 0 Å². The summed E-state index contributed by atoms with van der Waals surface area (Å²) in [5.41, 5.74) is 0. The molecule has 76 valence electrons. The van der Waals surface area contributed by atoms with E-state index in [9.17, 15) is 4.79 Å². The molecule has 1 aliphatic heterocycles. The molecule has 13 heavy (non-hydrogen) atoms. The van der Waals surface area contributed by atoms with Gasteiger partial charge in [-0.05, 0) is 25.9 Å². The largest absolute Gasteiger partial charge is 0.298 e. The zero-order valence-electron chi connectivity index (χ0n) is 8.72. The first-order valence-corrected chi connectivity index (χ1v) is 5.57. The lowest BCUT2D eigenvalue weighted by molar-refractivity contribution is -0.122. The Hall–Kier alpha value is -0.370. The van der Waals surface area contributed by atoms with Crippen molar-refractivity contribution >= 4 is 5.78 Å². The maximum atomic E-state index is 11.1. The van der Waals surface area contributed by atoms with Gasteiger partial charge in [-0.3, -0.25) is 9.69 Å². The number of carbonyl (C=O) groups excluding carboxylic acids is 1. The molecule has 0 radical (unpaired) electrons. The summed E-state index contributed by atoms with van der Waals surface area (Å²) in [4.78, 5) is 13.4. The summed E-state index contributed by atoms with van der Waals surface area (Å²) in [6.45, 7) is 5.21. The Balaban J connectivity index is 2.03. The highest BCUT2D eigenvalue weighted by molar-refractivity contribution is 5.81. The minimum Gasteiger partial charge on any atom is -0.298 e. The van der Waals surface area contributed by atoms with Crippen LogP contribution < -0.4 is 0 Å². The molecule has 0 aromatic carbocycles. The summed E-state index contributed by atoms with van der Waals surface area (Å²) >= 11 is 0. The number of ketones is 1. The number of unbranched alkanes of at least 4 members (excludes halogenated alkanes) is 3. The van der Waals surface area contributed by atoms with Crippen LogP contribution in [0.5, 0.6) is 0 Å². The molecule has 0 spiro atoms. The minimum atomic E-state index is 0.432. The maximum Gasteiger partial charge on any atom is 0.146 e. The summed E-state index contributed by atoms with van der Waals surface area (Å²) in [5, 5.41) is 0. The van der Waals surface area contributed by atoms with E-state index in [0.717, 1.165) is 25.9 Å². The van der Waals surface area contributed by atoms with Gasteiger partial charge >= 0.3 is 0 Å². The molecule has 0 saturated carbocycles. The van der Waals surface area contributed by atoms with Crippen LogP contribution in [0, 0.1) is 0 Å². The number of nitrogens with zero attached hydrogens (tertiary/aromatic N) is 1. The van der Waals surface area contributed by atoms with Crippen LogP contribution in [-0.2, 0) is 4.79 Å². The Bertz CT molecular complexity index is 156. The lowest BCUT2D eigenvalue weighted by Crippen LogP contribution is -2.36. The Morgan fingerprint density at radius 1 is 1.31 bits per heavy atom. The van der Waals surface area contributed by atoms with Gasteiger partial charge in [-0.1, -0.05) is 26.2 Å². The topological polar surface area (TPSA) is 20.3 Å². The molecule has 1 heterocycles. The van der Waals surface area contributed by atoms with Crippen molar-refractivity contribution in [3.8, 4) is 0 Å². The molecule has 0 atom stereocenters. The van der Waals surface area contributed by atoms with E-state index in [0.29, 0.717) is 12.3 Å². The van der Waals surface area contributed by atoms with Crippen molar-refractivity contribution < 1.29 is 4.79 Å². The monoisotopic (exact) mass is 183 g/mol. The van der Waals surface area contributed by atoms with Gasteiger partial charge in [0.1, 0.15) is 5.78 Å². The van der Waals surface area contributed by atoms with E-state index in [4.69, 9.17) is 0 Å². The van der Waals surface area contributed by atoms with E-state index in [1.807, 2.05) is 0 Å². The van der Waals surface area contributed by atoms with E-state index < -0.39 is 0 Å². The van der Waals surface area contributed by atoms with Crippen LogP contribution in [0.1, 0.15) is 45.4 Å². The summed E-state index contributed by atoms with van der Waals surface area (Å²) < 4.78 is 0. The molecule has 1 fully saturated rings. The predicted octanol–water partition coefficient (Wildman–Crippen LogP) is 2.23. The van der Waals surface area contributed by atoms with Crippen LogP contribution in [0.2, 0.25) is 0 Å². The second-order valence-electron chi connectivity index (χ2n) is 3.98. The number of carbonyl (C=O) groups is 1. The van der Waals surface area contributed by atoms with Crippen LogP contribution in [0.25, 0.3) is 0 Å². The Kier molecular flexibility index (Phi) is 5.06. The average Bonchev–Trinajstić information content (AvgIpc) is 2.13. The summed E-state index contributed by atoms with van der Waals surface area (Å²) in [6.07, 6.45) is 7.10. The zero-order chi connectivity index (χ0) is 9.52. The average molecular weight is 183 g/mol. The fraction of sp³-hybridized carbons (Fsp3) is 0.909. The number of rotatable bonds is 5. The minimum absolute atomic E-state index is 0.432. The highest BCUT2D eigenvalue weighted by Gasteiger charge is 2.15. The Morgan fingerprint density at radius 3 is 2.85 bits per heavy atom. The molecule has 1 rings (SSSR count). The lowest BCUT2D eigenvalue weighted by Gasteiger charge is -2.25. The fourth-order valence-corrected chi connectivity index (χ4v) is 1.86. The fourth-order valence-electron chi connectivity index (χ4n) is 1.86. The van der Waals surface area contributed by atoms with E-state index in [1.165, 1.54) is 25.7 Å². The van der Waals surface area contributed by atoms with Crippen LogP contribution in [-0.4, -0.2) is 30.3 Å². The van der Waals surface area contributed by atoms with Gasteiger partial charge in [-0.15, -0.1) is 0 Å². The van der Waals surface area contributed by atoms with Gasteiger partial charge in [-0.2, -0.15) is 0 Å². The molecular formula is C11H21NO. The van der Waals surface area contributed by atoms with Crippen molar-refractivity contribution in [3.63, 3.8) is 0 Å². The molecule has 0 aromatic rings. The molecule has 0 bridgehead atoms. The van der Waals surface area contributed by atoms with Gasteiger partial charge < -0.3 is 0 Å². The Labute approximate surface area is 81.3 Å². The normalized spacial score (nSPS) is 19.3. The first-order valence-electron chi connectivity index (χ1n) is 5.57. The third-order valence-electron chi connectivity index (χ3n) is 2.66.